The number of hydrogen-bond acceptors (Lipinski definition) is 4. The molecule has 1 rings (SSSR count). The van der Waals surface area contributed by atoms with E-state index in [1.54, 1.807) is 14.2 Å². The van der Waals surface area contributed by atoms with Crippen LogP contribution in [0.4, 0.5) is 0 Å². The van der Waals surface area contributed by atoms with E-state index in [1.165, 1.54) is 11.1 Å². The van der Waals surface area contributed by atoms with Crippen LogP contribution in [0.5, 0.6) is 0 Å². The van der Waals surface area contributed by atoms with Gasteiger partial charge in [0.05, 0.1) is 6.61 Å². The molecule has 114 valence electrons. The molecule has 0 heterocycles. The molecule has 0 aliphatic rings. The molecule has 0 amide bonds. The van der Waals surface area contributed by atoms with Crippen molar-refractivity contribution in [2.45, 2.75) is 19.4 Å². The molecule has 0 radical (unpaired) electrons. The molecular weight excluding hydrogens is 252 g/mol. The Balaban J connectivity index is 2.62. The van der Waals surface area contributed by atoms with Gasteiger partial charge in [-0.3, -0.25) is 4.90 Å². The molecule has 0 saturated heterocycles. The molecule has 1 aromatic rings. The highest BCUT2D eigenvalue weighted by Gasteiger charge is 2.08. The maximum Gasteiger partial charge on any atom is 0.0589 e. The number of ether oxygens (including phenoxy) is 2. The fourth-order valence-electron chi connectivity index (χ4n) is 2.27. The first kappa shape index (κ1) is 17.1. The number of nitrogens with zero attached hydrogens (tertiary/aromatic N) is 1. The molecule has 0 aliphatic carbocycles. The van der Waals surface area contributed by atoms with Gasteiger partial charge in [0.2, 0.25) is 0 Å². The quantitative estimate of drug-likeness (QED) is 0.626. The van der Waals surface area contributed by atoms with Crippen molar-refractivity contribution in [3.05, 3.63) is 35.4 Å². The highest BCUT2D eigenvalue weighted by atomic mass is 16.5. The van der Waals surface area contributed by atoms with Gasteiger partial charge in [-0.15, -0.1) is 0 Å². The van der Waals surface area contributed by atoms with Crippen molar-refractivity contribution in [2.24, 2.45) is 5.73 Å². The van der Waals surface area contributed by atoms with E-state index in [0.29, 0.717) is 6.54 Å². The van der Waals surface area contributed by atoms with Crippen molar-refractivity contribution in [1.82, 2.24) is 4.90 Å². The lowest BCUT2D eigenvalue weighted by molar-refractivity contribution is 0.129. The standard InChI is InChI=1S/C16H28N2O2/c1-19-12-5-10-18(11-13-20-2)14-16-7-4-3-6-15(16)8-9-17/h3-4,6-7H,5,8-14,17H2,1-2H3. The van der Waals surface area contributed by atoms with Gasteiger partial charge in [-0.1, -0.05) is 24.3 Å². The van der Waals surface area contributed by atoms with E-state index in [9.17, 15) is 0 Å². The second kappa shape index (κ2) is 10.8. The normalized spacial score (nSPS) is 11.2. The Morgan fingerprint density at radius 3 is 2.35 bits per heavy atom. The van der Waals surface area contributed by atoms with Crippen molar-refractivity contribution in [2.75, 3.05) is 47.1 Å². The summed E-state index contributed by atoms with van der Waals surface area (Å²) in [7, 11) is 3.49. The minimum atomic E-state index is 0.693. The molecule has 0 bridgehead atoms. The summed E-state index contributed by atoms with van der Waals surface area (Å²) in [5.41, 5.74) is 8.41. The number of nitrogens with two attached hydrogens (primary N) is 1. The molecule has 20 heavy (non-hydrogen) atoms. The molecule has 0 spiro atoms. The Kier molecular flexibility index (Phi) is 9.24. The van der Waals surface area contributed by atoms with Crippen LogP contribution in [0, 0.1) is 0 Å². The van der Waals surface area contributed by atoms with Crippen LogP contribution in [-0.4, -0.2) is 52.0 Å². The Morgan fingerprint density at radius 2 is 1.70 bits per heavy atom. The molecule has 0 unspecified atom stereocenters. The number of methoxy groups -OCH3 is 2. The molecule has 0 fully saturated rings. The zero-order chi connectivity index (χ0) is 14.6. The highest BCUT2D eigenvalue weighted by molar-refractivity contribution is 5.27. The lowest BCUT2D eigenvalue weighted by atomic mass is 10.0. The van der Waals surface area contributed by atoms with Gasteiger partial charge in [0.1, 0.15) is 0 Å². The summed E-state index contributed by atoms with van der Waals surface area (Å²) in [4.78, 5) is 2.41. The second-order valence-electron chi connectivity index (χ2n) is 4.92. The topological polar surface area (TPSA) is 47.7 Å². The van der Waals surface area contributed by atoms with Crippen molar-refractivity contribution in [3.63, 3.8) is 0 Å². The first-order valence-electron chi connectivity index (χ1n) is 7.29. The Morgan fingerprint density at radius 1 is 1.00 bits per heavy atom. The summed E-state index contributed by atoms with van der Waals surface area (Å²) in [6, 6.07) is 8.55. The average molecular weight is 280 g/mol. The van der Waals surface area contributed by atoms with Gasteiger partial charge in [-0.25, -0.2) is 0 Å². The average Bonchev–Trinajstić information content (AvgIpc) is 2.47. The van der Waals surface area contributed by atoms with Gasteiger partial charge < -0.3 is 15.2 Å². The van der Waals surface area contributed by atoms with Crippen LogP contribution in [0.25, 0.3) is 0 Å². The van der Waals surface area contributed by atoms with Crippen LogP contribution >= 0.6 is 0 Å². The van der Waals surface area contributed by atoms with Crippen molar-refractivity contribution in [1.29, 1.82) is 0 Å². The van der Waals surface area contributed by atoms with Gasteiger partial charge in [-0.2, -0.15) is 0 Å². The molecule has 4 heteroatoms. The molecule has 2 N–H and O–H groups in total. The summed E-state index contributed by atoms with van der Waals surface area (Å²) in [6.45, 7) is 5.16. The van der Waals surface area contributed by atoms with E-state index in [0.717, 1.165) is 45.7 Å². The maximum atomic E-state index is 5.69. The first-order valence-corrected chi connectivity index (χ1v) is 7.29. The van der Waals surface area contributed by atoms with E-state index < -0.39 is 0 Å². The van der Waals surface area contributed by atoms with Crippen molar-refractivity contribution >= 4 is 0 Å². The number of rotatable bonds is 11. The van der Waals surface area contributed by atoms with E-state index in [1.807, 2.05) is 0 Å². The van der Waals surface area contributed by atoms with E-state index >= 15 is 0 Å². The van der Waals surface area contributed by atoms with Crippen molar-refractivity contribution < 1.29 is 9.47 Å². The minimum absolute atomic E-state index is 0.693. The van der Waals surface area contributed by atoms with Crippen LogP contribution < -0.4 is 5.73 Å². The second-order valence-corrected chi connectivity index (χ2v) is 4.92. The maximum absolute atomic E-state index is 5.69. The summed E-state index contributed by atoms with van der Waals surface area (Å²) in [5.74, 6) is 0. The molecule has 4 nitrogen and oxygen atoms in total. The molecule has 0 aliphatic heterocycles. The molecule has 0 aromatic heterocycles. The summed E-state index contributed by atoms with van der Waals surface area (Å²) in [5, 5.41) is 0. The summed E-state index contributed by atoms with van der Waals surface area (Å²) in [6.07, 6.45) is 1.98. The van der Waals surface area contributed by atoms with Gasteiger partial charge >= 0.3 is 0 Å². The fraction of sp³-hybridized carbons (Fsp3) is 0.625. The summed E-state index contributed by atoms with van der Waals surface area (Å²) < 4.78 is 10.3. The smallest absolute Gasteiger partial charge is 0.0589 e. The predicted octanol–water partition coefficient (Wildman–Crippen LogP) is 1.67. The largest absolute Gasteiger partial charge is 0.385 e. The predicted molar refractivity (Wildman–Crippen MR) is 82.8 cm³/mol. The van der Waals surface area contributed by atoms with E-state index in [-0.39, 0.29) is 0 Å². The fourth-order valence-corrected chi connectivity index (χ4v) is 2.27. The van der Waals surface area contributed by atoms with E-state index in [4.69, 9.17) is 15.2 Å². The van der Waals surface area contributed by atoms with Crippen LogP contribution in [-0.2, 0) is 22.4 Å². The van der Waals surface area contributed by atoms with Gasteiger partial charge in [0.15, 0.2) is 0 Å². The number of benzene rings is 1. The Hall–Kier alpha value is -0.940. The van der Waals surface area contributed by atoms with Gasteiger partial charge in [0.25, 0.3) is 0 Å². The molecule has 0 saturated carbocycles. The lowest BCUT2D eigenvalue weighted by Gasteiger charge is -2.23. The van der Waals surface area contributed by atoms with Crippen LogP contribution in [0.1, 0.15) is 17.5 Å². The van der Waals surface area contributed by atoms with Gasteiger partial charge in [0, 0.05) is 40.5 Å². The third-order valence-corrected chi connectivity index (χ3v) is 3.36. The molecular formula is C16H28N2O2. The monoisotopic (exact) mass is 280 g/mol. The highest BCUT2D eigenvalue weighted by Crippen LogP contribution is 2.12. The van der Waals surface area contributed by atoms with Crippen molar-refractivity contribution in [3.8, 4) is 0 Å². The van der Waals surface area contributed by atoms with E-state index in [2.05, 4.69) is 29.2 Å². The van der Waals surface area contributed by atoms with Gasteiger partial charge in [-0.05, 0) is 30.5 Å². The molecule has 1 aromatic carbocycles. The first-order chi connectivity index (χ1) is 9.81. The third-order valence-electron chi connectivity index (χ3n) is 3.36. The van der Waals surface area contributed by atoms with Crippen LogP contribution in [0.15, 0.2) is 24.3 Å². The number of hydrogen-bond donors (Lipinski definition) is 1. The Bertz CT molecular complexity index is 358. The SMILES string of the molecule is COCCCN(CCOC)Cc1ccccc1CCN. The summed E-state index contributed by atoms with van der Waals surface area (Å²) >= 11 is 0. The van der Waals surface area contributed by atoms with Crippen LogP contribution in [0.2, 0.25) is 0 Å². The zero-order valence-corrected chi connectivity index (χ0v) is 12.8. The van der Waals surface area contributed by atoms with Crippen LogP contribution in [0.3, 0.4) is 0 Å². The lowest BCUT2D eigenvalue weighted by Crippen LogP contribution is -2.29. The molecule has 0 atom stereocenters. The minimum Gasteiger partial charge on any atom is -0.385 e. The third kappa shape index (κ3) is 6.48. The Labute approximate surface area is 122 Å². The zero-order valence-electron chi connectivity index (χ0n) is 12.8.